The average Bonchev–Trinajstić information content (AvgIpc) is 3.24. The number of aryl methyl sites for hydroxylation is 2. The lowest BCUT2D eigenvalue weighted by molar-refractivity contribution is 0.693. The minimum Gasteiger partial charge on any atom is -0.382 e. The summed E-state index contributed by atoms with van der Waals surface area (Å²) in [5.41, 5.74) is 9.49. The molecule has 0 unspecified atom stereocenters. The Balaban J connectivity index is 1.73. The molecular formula is C18H20N8. The summed E-state index contributed by atoms with van der Waals surface area (Å²) < 4.78 is 3.71. The molecule has 8 nitrogen and oxygen atoms in total. The third-order valence-electron chi connectivity index (χ3n) is 4.14. The fraction of sp³-hybridized carbons (Fsp3) is 0.222. The minimum absolute atomic E-state index is 0.350. The van der Waals surface area contributed by atoms with Crippen LogP contribution < -0.4 is 11.1 Å². The van der Waals surface area contributed by atoms with Crippen LogP contribution in [-0.4, -0.2) is 29.3 Å². The lowest BCUT2D eigenvalue weighted by Gasteiger charge is -2.08. The number of fused-ring (bicyclic) bond motifs is 1. The van der Waals surface area contributed by atoms with E-state index in [9.17, 15) is 0 Å². The number of benzene rings is 1. The van der Waals surface area contributed by atoms with E-state index in [0.717, 1.165) is 11.3 Å². The highest BCUT2D eigenvalue weighted by atomic mass is 15.4. The number of nitrogen functional groups attached to an aromatic ring is 1. The summed E-state index contributed by atoms with van der Waals surface area (Å²) >= 11 is 0. The van der Waals surface area contributed by atoms with Crippen molar-refractivity contribution in [3.63, 3.8) is 0 Å². The zero-order valence-corrected chi connectivity index (χ0v) is 14.7. The van der Waals surface area contributed by atoms with Crippen molar-refractivity contribution in [3.05, 3.63) is 53.9 Å². The van der Waals surface area contributed by atoms with Crippen molar-refractivity contribution in [3.8, 4) is 5.95 Å². The Kier molecular flexibility index (Phi) is 4.00. The first-order valence-corrected chi connectivity index (χ1v) is 8.50. The second-order valence-electron chi connectivity index (χ2n) is 6.00. The largest absolute Gasteiger partial charge is 0.382 e. The van der Waals surface area contributed by atoms with Gasteiger partial charge in [0.15, 0.2) is 17.0 Å². The van der Waals surface area contributed by atoms with Crippen molar-refractivity contribution in [2.75, 3.05) is 11.1 Å². The zero-order chi connectivity index (χ0) is 18.1. The summed E-state index contributed by atoms with van der Waals surface area (Å²) in [5.74, 6) is 1.51. The van der Waals surface area contributed by atoms with E-state index in [1.165, 1.54) is 0 Å². The number of nitrogens with zero attached hydrogens (tertiary/aromatic N) is 6. The molecule has 0 bridgehead atoms. The second kappa shape index (κ2) is 6.47. The van der Waals surface area contributed by atoms with Gasteiger partial charge in [-0.25, -0.2) is 9.67 Å². The SMILES string of the molecule is CCn1c(-n2ccc(C)n2)nc2c(N)nc(NCc3ccccc3)nc21. The summed E-state index contributed by atoms with van der Waals surface area (Å²) in [6.45, 7) is 5.29. The predicted octanol–water partition coefficient (Wildman–Crippen LogP) is 2.53. The summed E-state index contributed by atoms with van der Waals surface area (Å²) in [6, 6.07) is 12.0. The molecule has 1 aromatic carbocycles. The molecule has 4 aromatic rings. The average molecular weight is 348 g/mol. The van der Waals surface area contributed by atoms with Crippen LogP contribution in [0.3, 0.4) is 0 Å². The molecule has 26 heavy (non-hydrogen) atoms. The number of hydrogen-bond acceptors (Lipinski definition) is 6. The Hall–Kier alpha value is -3.42. The standard InChI is InChI=1S/C18H20N8/c1-3-25-16-14(21-18(25)26-10-9-12(2)24-26)15(19)22-17(23-16)20-11-13-7-5-4-6-8-13/h4-10H,3,11H2,1-2H3,(H3,19,20,22,23). The Bertz CT molecular complexity index is 1050. The molecule has 0 saturated carbocycles. The van der Waals surface area contributed by atoms with Gasteiger partial charge in [0.25, 0.3) is 0 Å². The zero-order valence-electron chi connectivity index (χ0n) is 14.7. The van der Waals surface area contributed by atoms with Gasteiger partial charge in [0.2, 0.25) is 11.9 Å². The Morgan fingerprint density at radius 3 is 2.58 bits per heavy atom. The second-order valence-corrected chi connectivity index (χ2v) is 6.00. The van der Waals surface area contributed by atoms with Gasteiger partial charge in [0.05, 0.1) is 5.69 Å². The molecule has 3 N–H and O–H groups in total. The number of hydrogen-bond donors (Lipinski definition) is 2. The maximum absolute atomic E-state index is 6.15. The van der Waals surface area contributed by atoms with Gasteiger partial charge in [0.1, 0.15) is 0 Å². The number of nitrogens with two attached hydrogens (primary N) is 1. The number of anilines is 2. The molecule has 0 aliphatic rings. The Labute approximate surface area is 150 Å². The monoisotopic (exact) mass is 348 g/mol. The molecule has 0 saturated heterocycles. The molecule has 0 fully saturated rings. The van der Waals surface area contributed by atoms with Crippen LogP contribution in [0, 0.1) is 6.92 Å². The van der Waals surface area contributed by atoms with Gasteiger partial charge in [-0.3, -0.25) is 4.57 Å². The van der Waals surface area contributed by atoms with Crippen molar-refractivity contribution >= 4 is 22.9 Å². The van der Waals surface area contributed by atoms with Gasteiger partial charge >= 0.3 is 0 Å². The van der Waals surface area contributed by atoms with Crippen LogP contribution in [-0.2, 0) is 13.1 Å². The molecule has 0 radical (unpaired) electrons. The molecule has 4 rings (SSSR count). The van der Waals surface area contributed by atoms with Crippen molar-refractivity contribution in [1.29, 1.82) is 0 Å². The summed E-state index contributed by atoms with van der Waals surface area (Å²) in [6.07, 6.45) is 1.88. The van der Waals surface area contributed by atoms with Crippen molar-refractivity contribution in [1.82, 2.24) is 29.3 Å². The minimum atomic E-state index is 0.350. The van der Waals surface area contributed by atoms with Crippen LogP contribution >= 0.6 is 0 Å². The highest BCUT2D eigenvalue weighted by Gasteiger charge is 2.17. The van der Waals surface area contributed by atoms with Crippen LogP contribution in [0.5, 0.6) is 0 Å². The topological polar surface area (TPSA) is 99.5 Å². The van der Waals surface area contributed by atoms with E-state index < -0.39 is 0 Å². The van der Waals surface area contributed by atoms with E-state index in [1.807, 2.05) is 61.0 Å². The van der Waals surface area contributed by atoms with Crippen LogP contribution in [0.1, 0.15) is 18.2 Å². The summed E-state index contributed by atoms with van der Waals surface area (Å²) in [4.78, 5) is 13.6. The van der Waals surface area contributed by atoms with Crippen molar-refractivity contribution < 1.29 is 0 Å². The first kappa shape index (κ1) is 16.1. The number of rotatable bonds is 5. The maximum atomic E-state index is 6.15. The molecule has 0 aliphatic carbocycles. The van der Waals surface area contributed by atoms with Gasteiger partial charge in [-0.2, -0.15) is 15.1 Å². The van der Waals surface area contributed by atoms with Gasteiger partial charge in [-0.1, -0.05) is 30.3 Å². The fourth-order valence-corrected chi connectivity index (χ4v) is 2.86. The first-order valence-electron chi connectivity index (χ1n) is 8.50. The number of aromatic nitrogens is 6. The molecule has 0 aliphatic heterocycles. The Morgan fingerprint density at radius 1 is 1.08 bits per heavy atom. The van der Waals surface area contributed by atoms with Crippen molar-refractivity contribution in [2.45, 2.75) is 26.9 Å². The van der Waals surface area contributed by atoms with Crippen LogP contribution in [0.15, 0.2) is 42.6 Å². The molecule has 3 aromatic heterocycles. The molecular weight excluding hydrogens is 328 g/mol. The van der Waals surface area contributed by atoms with Gasteiger partial charge in [-0.15, -0.1) is 0 Å². The van der Waals surface area contributed by atoms with E-state index >= 15 is 0 Å². The quantitative estimate of drug-likeness (QED) is 0.575. The predicted molar refractivity (Wildman–Crippen MR) is 101 cm³/mol. The lowest BCUT2D eigenvalue weighted by Crippen LogP contribution is -2.09. The van der Waals surface area contributed by atoms with Crippen molar-refractivity contribution in [2.24, 2.45) is 0 Å². The van der Waals surface area contributed by atoms with Crippen LogP contribution in [0.2, 0.25) is 0 Å². The molecule has 0 spiro atoms. The number of imidazole rings is 1. The van der Waals surface area contributed by atoms with E-state index in [1.54, 1.807) is 4.68 Å². The normalized spacial score (nSPS) is 11.2. The first-order chi connectivity index (χ1) is 12.7. The van der Waals surface area contributed by atoms with Gasteiger partial charge in [-0.05, 0) is 25.5 Å². The van der Waals surface area contributed by atoms with Crippen LogP contribution in [0.25, 0.3) is 17.1 Å². The van der Waals surface area contributed by atoms with Gasteiger partial charge < -0.3 is 11.1 Å². The number of nitrogens with one attached hydrogen (secondary N) is 1. The molecule has 132 valence electrons. The fourth-order valence-electron chi connectivity index (χ4n) is 2.86. The van der Waals surface area contributed by atoms with Crippen LogP contribution in [0.4, 0.5) is 11.8 Å². The molecule has 0 amide bonds. The third kappa shape index (κ3) is 2.85. The highest BCUT2D eigenvalue weighted by molar-refractivity contribution is 5.84. The maximum Gasteiger partial charge on any atom is 0.233 e. The highest BCUT2D eigenvalue weighted by Crippen LogP contribution is 2.23. The Morgan fingerprint density at radius 2 is 1.88 bits per heavy atom. The van der Waals surface area contributed by atoms with E-state index in [4.69, 9.17) is 5.73 Å². The smallest absolute Gasteiger partial charge is 0.233 e. The van der Waals surface area contributed by atoms with Gasteiger partial charge in [0, 0.05) is 19.3 Å². The molecule has 0 atom stereocenters. The molecule has 8 heteroatoms. The third-order valence-corrected chi connectivity index (χ3v) is 4.14. The summed E-state index contributed by atoms with van der Waals surface area (Å²) in [5, 5.41) is 7.67. The molecule has 3 heterocycles. The lowest BCUT2D eigenvalue weighted by atomic mass is 10.2. The van der Waals surface area contributed by atoms with E-state index in [0.29, 0.717) is 42.0 Å². The van der Waals surface area contributed by atoms with E-state index in [2.05, 4.69) is 25.4 Å². The summed E-state index contributed by atoms with van der Waals surface area (Å²) in [7, 11) is 0. The van der Waals surface area contributed by atoms with E-state index in [-0.39, 0.29) is 0 Å².